The lowest BCUT2D eigenvalue weighted by molar-refractivity contribution is -0.121. The number of sulfonamides is 1. The van der Waals surface area contributed by atoms with Crippen molar-refractivity contribution in [3.63, 3.8) is 0 Å². The predicted octanol–water partition coefficient (Wildman–Crippen LogP) is 1.00. The van der Waals surface area contributed by atoms with Gasteiger partial charge in [0.2, 0.25) is 15.9 Å². The van der Waals surface area contributed by atoms with Gasteiger partial charge in [-0.3, -0.25) is 4.79 Å². The summed E-state index contributed by atoms with van der Waals surface area (Å²) >= 11 is 0. The quantitative estimate of drug-likeness (QED) is 0.819. The minimum atomic E-state index is -3.78. The van der Waals surface area contributed by atoms with Gasteiger partial charge in [0.25, 0.3) is 0 Å². The maximum Gasteiger partial charge on any atom is 0.238 e. The minimum absolute atomic E-state index is 0.00796. The third kappa shape index (κ3) is 4.82. The standard InChI is InChI=1S/C13H20N2O4S/c1-9(2)6-13(16)15-8-10-7-11(20(14,17)18)4-5-12(10)19-3/h4-5,7,9H,6,8H2,1-3H3,(H,15,16)(H2,14,17,18). The average molecular weight is 300 g/mol. The zero-order chi connectivity index (χ0) is 15.3. The number of primary sulfonamides is 1. The van der Waals surface area contributed by atoms with Gasteiger partial charge in [-0.1, -0.05) is 13.8 Å². The molecule has 0 heterocycles. The monoisotopic (exact) mass is 300 g/mol. The van der Waals surface area contributed by atoms with Crippen LogP contribution in [0.15, 0.2) is 23.1 Å². The lowest BCUT2D eigenvalue weighted by Gasteiger charge is -2.12. The van der Waals surface area contributed by atoms with Crippen LogP contribution in [0.2, 0.25) is 0 Å². The number of carbonyl (C=O) groups excluding carboxylic acids is 1. The Kier molecular flexibility index (Phi) is 5.52. The number of amides is 1. The van der Waals surface area contributed by atoms with E-state index in [4.69, 9.17) is 9.88 Å². The molecule has 3 N–H and O–H groups in total. The van der Waals surface area contributed by atoms with Crippen LogP contribution in [0, 0.1) is 5.92 Å². The normalized spacial score (nSPS) is 11.4. The van der Waals surface area contributed by atoms with Gasteiger partial charge in [-0.25, -0.2) is 13.6 Å². The number of nitrogens with two attached hydrogens (primary N) is 1. The van der Waals surface area contributed by atoms with Crippen LogP contribution in [0.5, 0.6) is 5.75 Å². The summed E-state index contributed by atoms with van der Waals surface area (Å²) in [6, 6.07) is 4.29. The number of ether oxygens (including phenoxy) is 1. The van der Waals surface area contributed by atoms with Crippen molar-refractivity contribution in [2.24, 2.45) is 11.1 Å². The van der Waals surface area contributed by atoms with Crippen molar-refractivity contribution in [1.29, 1.82) is 0 Å². The first-order valence-corrected chi connectivity index (χ1v) is 7.75. The second-order valence-electron chi connectivity index (χ2n) is 4.89. The van der Waals surface area contributed by atoms with Crippen LogP contribution in [0.3, 0.4) is 0 Å². The highest BCUT2D eigenvalue weighted by molar-refractivity contribution is 7.89. The molecule has 0 saturated heterocycles. The molecule has 0 aliphatic carbocycles. The second-order valence-corrected chi connectivity index (χ2v) is 6.45. The van der Waals surface area contributed by atoms with E-state index < -0.39 is 10.0 Å². The summed E-state index contributed by atoms with van der Waals surface area (Å²) in [6.07, 6.45) is 0.414. The molecule has 1 amide bonds. The summed E-state index contributed by atoms with van der Waals surface area (Å²) in [6.45, 7) is 4.08. The average Bonchev–Trinajstić information content (AvgIpc) is 2.34. The summed E-state index contributed by atoms with van der Waals surface area (Å²) in [5.74, 6) is 0.665. The molecule has 0 aromatic heterocycles. The minimum Gasteiger partial charge on any atom is -0.496 e. The Hall–Kier alpha value is -1.60. The zero-order valence-electron chi connectivity index (χ0n) is 11.8. The summed E-state index contributed by atoms with van der Waals surface area (Å²) < 4.78 is 27.8. The van der Waals surface area contributed by atoms with Crippen molar-refractivity contribution in [2.45, 2.75) is 31.7 Å². The van der Waals surface area contributed by atoms with E-state index in [9.17, 15) is 13.2 Å². The maximum atomic E-state index is 11.6. The molecule has 0 unspecified atom stereocenters. The second kappa shape index (κ2) is 6.71. The molecule has 20 heavy (non-hydrogen) atoms. The van der Waals surface area contributed by atoms with Crippen molar-refractivity contribution >= 4 is 15.9 Å². The van der Waals surface area contributed by atoms with Crippen LogP contribution < -0.4 is 15.2 Å². The van der Waals surface area contributed by atoms with Gasteiger partial charge in [-0.2, -0.15) is 0 Å². The van der Waals surface area contributed by atoms with Gasteiger partial charge >= 0.3 is 0 Å². The number of nitrogens with one attached hydrogen (secondary N) is 1. The molecule has 0 fully saturated rings. The molecule has 0 atom stereocenters. The van der Waals surface area contributed by atoms with Crippen molar-refractivity contribution < 1.29 is 17.9 Å². The molecule has 7 heteroatoms. The third-order valence-corrected chi connectivity index (χ3v) is 3.56. The third-order valence-electron chi connectivity index (χ3n) is 2.65. The molecule has 1 aromatic carbocycles. The van der Waals surface area contributed by atoms with Gasteiger partial charge in [0, 0.05) is 18.5 Å². The summed E-state index contributed by atoms with van der Waals surface area (Å²) in [7, 11) is -2.30. The van der Waals surface area contributed by atoms with Crippen molar-refractivity contribution in [3.05, 3.63) is 23.8 Å². The number of methoxy groups -OCH3 is 1. The molecule has 0 aliphatic rings. The van der Waals surface area contributed by atoms with E-state index in [0.29, 0.717) is 17.7 Å². The summed E-state index contributed by atoms with van der Waals surface area (Å²) in [5.41, 5.74) is 0.566. The molecule has 0 aliphatic heterocycles. The van der Waals surface area contributed by atoms with Crippen LogP contribution >= 0.6 is 0 Å². The van der Waals surface area contributed by atoms with E-state index in [0.717, 1.165) is 0 Å². The largest absolute Gasteiger partial charge is 0.496 e. The predicted molar refractivity (Wildman–Crippen MR) is 75.7 cm³/mol. The Morgan fingerprint density at radius 2 is 2.05 bits per heavy atom. The Morgan fingerprint density at radius 3 is 2.55 bits per heavy atom. The van der Waals surface area contributed by atoms with Gasteiger partial charge in [-0.15, -0.1) is 0 Å². The SMILES string of the molecule is COc1ccc(S(N)(=O)=O)cc1CNC(=O)CC(C)C. The van der Waals surface area contributed by atoms with E-state index >= 15 is 0 Å². The highest BCUT2D eigenvalue weighted by Gasteiger charge is 2.13. The number of rotatable bonds is 6. The van der Waals surface area contributed by atoms with Gasteiger partial charge in [0.05, 0.1) is 12.0 Å². The van der Waals surface area contributed by atoms with Crippen LogP contribution in [-0.2, 0) is 21.4 Å². The molecule has 112 valence electrons. The number of hydrogen-bond acceptors (Lipinski definition) is 4. The van der Waals surface area contributed by atoms with E-state index in [1.165, 1.54) is 25.3 Å². The Balaban J connectivity index is 2.90. The van der Waals surface area contributed by atoms with E-state index in [2.05, 4.69) is 5.32 Å². The van der Waals surface area contributed by atoms with E-state index in [1.54, 1.807) is 0 Å². The first-order valence-electron chi connectivity index (χ1n) is 6.20. The Morgan fingerprint density at radius 1 is 1.40 bits per heavy atom. The molecule has 0 spiro atoms. The zero-order valence-corrected chi connectivity index (χ0v) is 12.7. The van der Waals surface area contributed by atoms with Crippen LogP contribution in [0.1, 0.15) is 25.8 Å². The number of benzene rings is 1. The maximum absolute atomic E-state index is 11.6. The van der Waals surface area contributed by atoms with Crippen molar-refractivity contribution in [3.8, 4) is 5.75 Å². The molecule has 0 saturated carbocycles. The van der Waals surface area contributed by atoms with Gasteiger partial charge in [-0.05, 0) is 24.1 Å². The fraction of sp³-hybridized carbons (Fsp3) is 0.462. The molecule has 1 aromatic rings. The van der Waals surface area contributed by atoms with Gasteiger partial charge in [0.1, 0.15) is 5.75 Å². The fourth-order valence-corrected chi connectivity index (χ4v) is 2.27. The molecular weight excluding hydrogens is 280 g/mol. The van der Waals surface area contributed by atoms with Gasteiger partial charge in [0.15, 0.2) is 0 Å². The lowest BCUT2D eigenvalue weighted by atomic mass is 10.1. The molecular formula is C13H20N2O4S. The molecule has 6 nitrogen and oxygen atoms in total. The first kappa shape index (κ1) is 16.5. The number of hydrogen-bond donors (Lipinski definition) is 2. The Labute approximate surface area is 119 Å². The highest BCUT2D eigenvalue weighted by Crippen LogP contribution is 2.21. The summed E-state index contributed by atoms with van der Waals surface area (Å²) in [4.78, 5) is 11.6. The van der Waals surface area contributed by atoms with E-state index in [1.807, 2.05) is 13.8 Å². The summed E-state index contributed by atoms with van der Waals surface area (Å²) in [5, 5.41) is 7.81. The van der Waals surface area contributed by atoms with Crippen LogP contribution in [0.25, 0.3) is 0 Å². The van der Waals surface area contributed by atoms with Crippen LogP contribution in [0.4, 0.5) is 0 Å². The smallest absolute Gasteiger partial charge is 0.238 e. The van der Waals surface area contributed by atoms with E-state index in [-0.39, 0.29) is 23.3 Å². The van der Waals surface area contributed by atoms with Crippen LogP contribution in [-0.4, -0.2) is 21.4 Å². The first-order chi connectivity index (χ1) is 9.24. The molecule has 1 rings (SSSR count). The van der Waals surface area contributed by atoms with Crippen molar-refractivity contribution in [2.75, 3.05) is 7.11 Å². The topological polar surface area (TPSA) is 98.5 Å². The van der Waals surface area contributed by atoms with Crippen molar-refractivity contribution in [1.82, 2.24) is 5.32 Å². The highest BCUT2D eigenvalue weighted by atomic mass is 32.2. The Bertz CT molecular complexity index is 582. The fourth-order valence-electron chi connectivity index (χ4n) is 1.71. The molecule has 0 bridgehead atoms. The van der Waals surface area contributed by atoms with Gasteiger partial charge < -0.3 is 10.1 Å². The molecule has 0 radical (unpaired) electrons. The lowest BCUT2D eigenvalue weighted by Crippen LogP contribution is -2.24. The number of carbonyl (C=O) groups is 1.